The fourth-order valence-corrected chi connectivity index (χ4v) is 3.81. The van der Waals surface area contributed by atoms with Crippen molar-refractivity contribution in [3.63, 3.8) is 0 Å². The molecular formula is C12H7Br2F2NO2S. The molecule has 0 aliphatic heterocycles. The van der Waals surface area contributed by atoms with E-state index in [-0.39, 0.29) is 19.5 Å². The lowest BCUT2D eigenvalue weighted by Crippen LogP contribution is -2.13. The molecule has 0 radical (unpaired) electrons. The Morgan fingerprint density at radius 2 is 1.65 bits per heavy atom. The molecule has 106 valence electrons. The minimum absolute atomic E-state index is 0.0712. The van der Waals surface area contributed by atoms with Gasteiger partial charge in [0.15, 0.2) is 0 Å². The van der Waals surface area contributed by atoms with E-state index in [2.05, 4.69) is 36.6 Å². The van der Waals surface area contributed by atoms with Gasteiger partial charge in [0, 0.05) is 4.47 Å². The lowest BCUT2D eigenvalue weighted by Gasteiger charge is -2.10. The second kappa shape index (κ2) is 5.79. The van der Waals surface area contributed by atoms with E-state index >= 15 is 0 Å². The molecule has 0 bridgehead atoms. The highest BCUT2D eigenvalue weighted by Gasteiger charge is 2.18. The van der Waals surface area contributed by atoms with Crippen molar-refractivity contribution in [2.24, 2.45) is 0 Å². The molecule has 0 heterocycles. The average molecular weight is 427 g/mol. The molecule has 0 amide bonds. The summed E-state index contributed by atoms with van der Waals surface area (Å²) in [4.78, 5) is -0.137. The van der Waals surface area contributed by atoms with Gasteiger partial charge in [0.05, 0.1) is 10.2 Å². The maximum absolute atomic E-state index is 13.3. The first-order chi connectivity index (χ1) is 9.29. The second-order valence-electron chi connectivity index (χ2n) is 3.81. The van der Waals surface area contributed by atoms with Gasteiger partial charge in [0.25, 0.3) is 10.0 Å². The summed E-state index contributed by atoms with van der Waals surface area (Å²) in [6.07, 6.45) is 0. The zero-order valence-corrected chi connectivity index (χ0v) is 13.7. The molecule has 0 saturated heterocycles. The van der Waals surface area contributed by atoms with Crippen LogP contribution in [-0.2, 0) is 10.0 Å². The molecule has 0 saturated carbocycles. The molecule has 0 aliphatic rings. The predicted molar refractivity (Wildman–Crippen MR) is 79.0 cm³/mol. The standard InChI is InChI=1S/C12H7Br2F2NO2S/c13-9-3-2-8(6-11(9)16)17-20(18,19)12-4-1-7(15)5-10(12)14/h1-6,17H. The third-order valence-electron chi connectivity index (χ3n) is 2.36. The zero-order chi connectivity index (χ0) is 14.9. The molecule has 2 aromatic rings. The number of anilines is 1. The number of halogens is 4. The molecule has 2 aromatic carbocycles. The van der Waals surface area contributed by atoms with Gasteiger partial charge in [-0.05, 0) is 68.3 Å². The molecule has 0 spiro atoms. The molecule has 20 heavy (non-hydrogen) atoms. The maximum Gasteiger partial charge on any atom is 0.263 e. The summed E-state index contributed by atoms with van der Waals surface area (Å²) in [5.74, 6) is -1.16. The smallest absolute Gasteiger partial charge is 0.263 e. The van der Waals surface area contributed by atoms with Crippen LogP contribution in [0, 0.1) is 11.6 Å². The Morgan fingerprint density at radius 3 is 2.25 bits per heavy atom. The van der Waals surface area contributed by atoms with Gasteiger partial charge >= 0.3 is 0 Å². The highest BCUT2D eigenvalue weighted by atomic mass is 79.9. The third-order valence-corrected chi connectivity index (χ3v) is 5.36. The predicted octanol–water partition coefficient (Wildman–Crippen LogP) is 4.29. The fraction of sp³-hybridized carbons (Fsp3) is 0. The van der Waals surface area contributed by atoms with Crippen LogP contribution in [0.1, 0.15) is 0 Å². The molecule has 0 unspecified atom stereocenters. The summed E-state index contributed by atoms with van der Waals surface area (Å²) < 4.78 is 53.1. The normalized spacial score (nSPS) is 11.4. The van der Waals surface area contributed by atoms with Gasteiger partial charge < -0.3 is 0 Å². The quantitative estimate of drug-likeness (QED) is 0.795. The van der Waals surface area contributed by atoms with Crippen LogP contribution in [0.25, 0.3) is 0 Å². The van der Waals surface area contributed by atoms with Crippen LogP contribution in [0.2, 0.25) is 0 Å². The van der Waals surface area contributed by atoms with E-state index in [4.69, 9.17) is 0 Å². The van der Waals surface area contributed by atoms with Gasteiger partial charge in [0.1, 0.15) is 16.5 Å². The van der Waals surface area contributed by atoms with Crippen LogP contribution in [0.4, 0.5) is 14.5 Å². The zero-order valence-electron chi connectivity index (χ0n) is 9.70. The summed E-state index contributed by atoms with van der Waals surface area (Å²) in [5.41, 5.74) is 0.0712. The van der Waals surface area contributed by atoms with E-state index in [1.54, 1.807) is 0 Å². The molecule has 8 heteroatoms. The third kappa shape index (κ3) is 3.36. The lowest BCUT2D eigenvalue weighted by molar-refractivity contribution is 0.598. The monoisotopic (exact) mass is 425 g/mol. The number of hydrogen-bond donors (Lipinski definition) is 1. The lowest BCUT2D eigenvalue weighted by atomic mass is 10.3. The van der Waals surface area contributed by atoms with Crippen LogP contribution in [0.5, 0.6) is 0 Å². The molecule has 0 fully saturated rings. The van der Waals surface area contributed by atoms with Crippen molar-refractivity contribution in [2.45, 2.75) is 4.90 Å². The first kappa shape index (κ1) is 15.4. The van der Waals surface area contributed by atoms with E-state index in [1.165, 1.54) is 12.1 Å². The van der Waals surface area contributed by atoms with Gasteiger partial charge in [0.2, 0.25) is 0 Å². The molecule has 0 aliphatic carbocycles. The summed E-state index contributed by atoms with van der Waals surface area (Å²) >= 11 is 5.95. The van der Waals surface area contributed by atoms with Crippen molar-refractivity contribution in [1.29, 1.82) is 0 Å². The highest BCUT2D eigenvalue weighted by molar-refractivity contribution is 9.10. The Balaban J connectivity index is 2.38. The van der Waals surface area contributed by atoms with Crippen LogP contribution in [-0.4, -0.2) is 8.42 Å². The maximum atomic E-state index is 13.3. The minimum Gasteiger partial charge on any atom is -0.279 e. The summed E-state index contributed by atoms with van der Waals surface area (Å²) in [6.45, 7) is 0. The summed E-state index contributed by atoms with van der Waals surface area (Å²) in [7, 11) is -3.94. The van der Waals surface area contributed by atoms with Gasteiger partial charge in [-0.3, -0.25) is 4.72 Å². The van der Waals surface area contributed by atoms with E-state index in [1.807, 2.05) is 0 Å². The highest BCUT2D eigenvalue weighted by Crippen LogP contribution is 2.26. The van der Waals surface area contributed by atoms with E-state index in [0.717, 1.165) is 24.3 Å². The van der Waals surface area contributed by atoms with E-state index in [0.29, 0.717) is 0 Å². The van der Waals surface area contributed by atoms with Crippen LogP contribution in [0.3, 0.4) is 0 Å². The van der Waals surface area contributed by atoms with Crippen LogP contribution < -0.4 is 4.72 Å². The van der Waals surface area contributed by atoms with Crippen molar-refractivity contribution in [2.75, 3.05) is 4.72 Å². The van der Waals surface area contributed by atoms with Crippen molar-refractivity contribution in [3.05, 3.63) is 57.0 Å². The van der Waals surface area contributed by atoms with Crippen molar-refractivity contribution < 1.29 is 17.2 Å². The Kier molecular flexibility index (Phi) is 4.46. The number of sulfonamides is 1. The molecular weight excluding hydrogens is 420 g/mol. The molecule has 0 atom stereocenters. The van der Waals surface area contributed by atoms with Crippen molar-refractivity contribution in [1.82, 2.24) is 0 Å². The Hall–Kier alpha value is -0.990. The summed E-state index contributed by atoms with van der Waals surface area (Å²) in [5, 5.41) is 0. The number of nitrogens with one attached hydrogen (secondary N) is 1. The van der Waals surface area contributed by atoms with Crippen LogP contribution >= 0.6 is 31.9 Å². The Labute approximate surface area is 131 Å². The Morgan fingerprint density at radius 1 is 0.950 bits per heavy atom. The SMILES string of the molecule is O=S(=O)(Nc1ccc(Br)c(F)c1)c1ccc(F)cc1Br. The fourth-order valence-electron chi connectivity index (χ4n) is 1.46. The second-order valence-corrected chi connectivity index (χ2v) is 7.17. The van der Waals surface area contributed by atoms with E-state index in [9.17, 15) is 17.2 Å². The molecule has 1 N–H and O–H groups in total. The van der Waals surface area contributed by atoms with Gasteiger partial charge in [-0.2, -0.15) is 0 Å². The summed E-state index contributed by atoms with van der Waals surface area (Å²) in [6, 6.07) is 7.02. The van der Waals surface area contributed by atoms with Gasteiger partial charge in [-0.1, -0.05) is 0 Å². The van der Waals surface area contributed by atoms with Gasteiger partial charge in [-0.25, -0.2) is 17.2 Å². The molecule has 2 rings (SSSR count). The van der Waals surface area contributed by atoms with Crippen LogP contribution in [0.15, 0.2) is 50.2 Å². The Bertz CT molecular complexity index is 766. The average Bonchev–Trinajstić information content (AvgIpc) is 2.33. The number of benzene rings is 2. The molecule has 3 nitrogen and oxygen atoms in total. The largest absolute Gasteiger partial charge is 0.279 e. The molecule has 0 aromatic heterocycles. The first-order valence-electron chi connectivity index (χ1n) is 5.22. The number of hydrogen-bond acceptors (Lipinski definition) is 2. The van der Waals surface area contributed by atoms with Crippen molar-refractivity contribution >= 4 is 47.6 Å². The minimum atomic E-state index is -3.94. The number of rotatable bonds is 3. The van der Waals surface area contributed by atoms with E-state index < -0.39 is 21.7 Å². The van der Waals surface area contributed by atoms with Crippen molar-refractivity contribution in [3.8, 4) is 0 Å². The van der Waals surface area contributed by atoms with Gasteiger partial charge in [-0.15, -0.1) is 0 Å². The first-order valence-corrected chi connectivity index (χ1v) is 8.29. The topological polar surface area (TPSA) is 46.2 Å².